The molecule has 2 heterocycles. The lowest BCUT2D eigenvalue weighted by Gasteiger charge is -2.33. The summed E-state index contributed by atoms with van der Waals surface area (Å²) in [5.74, 6) is -0.549. The number of alkyl halides is 3. The zero-order valence-corrected chi connectivity index (χ0v) is 18.1. The number of benzene rings is 2. The second-order valence-electron chi connectivity index (χ2n) is 7.16. The monoisotopic (exact) mass is 484 g/mol. The normalized spacial score (nSPS) is 17.9. The molecular formula is C21H17Cl2F3N4O2. The number of halogens is 5. The first-order chi connectivity index (χ1) is 15.2. The highest BCUT2D eigenvalue weighted by Gasteiger charge is 2.47. The smallest absolute Gasteiger partial charge is 0.410 e. The first-order valence-corrected chi connectivity index (χ1v) is 10.3. The van der Waals surface area contributed by atoms with Gasteiger partial charge in [0.15, 0.2) is 11.7 Å². The summed E-state index contributed by atoms with van der Waals surface area (Å²) in [6.45, 7) is 0. The average Bonchev–Trinajstić information content (AvgIpc) is 3.10. The van der Waals surface area contributed by atoms with E-state index in [2.05, 4.69) is 15.7 Å². The van der Waals surface area contributed by atoms with E-state index in [0.717, 1.165) is 4.68 Å². The number of fused-ring (bicyclic) bond motifs is 1. The summed E-state index contributed by atoms with van der Waals surface area (Å²) in [5, 5.41) is 9.59. The first-order valence-electron chi connectivity index (χ1n) is 9.50. The van der Waals surface area contributed by atoms with Crippen LogP contribution in [0.2, 0.25) is 10.0 Å². The standard InChI is InChI=1S/C21H17Cl2F3N4O2/c1-32-15-8-7-12(22)9-14(15)28-20(31)18-17(23)19-27-13(11-5-3-2-4-6-11)10-16(21(24,25)26)30(19)29-18/h2-9,13,16,27H,10H2,1H3,(H,28,31)/t13-,16-/m0/s1. The predicted molar refractivity (Wildman–Crippen MR) is 116 cm³/mol. The summed E-state index contributed by atoms with van der Waals surface area (Å²) in [5.41, 5.74) is 0.550. The number of aromatic nitrogens is 2. The molecule has 168 valence electrons. The topological polar surface area (TPSA) is 68.2 Å². The maximum absolute atomic E-state index is 13.9. The fraction of sp³-hybridized carbons (Fsp3) is 0.238. The van der Waals surface area contributed by atoms with Gasteiger partial charge >= 0.3 is 6.18 Å². The molecule has 0 saturated heterocycles. The highest BCUT2D eigenvalue weighted by atomic mass is 35.5. The molecule has 11 heteroatoms. The summed E-state index contributed by atoms with van der Waals surface area (Å²) >= 11 is 12.3. The van der Waals surface area contributed by atoms with Gasteiger partial charge in [-0.05, 0) is 23.8 Å². The molecule has 32 heavy (non-hydrogen) atoms. The van der Waals surface area contributed by atoms with Gasteiger partial charge in [0.25, 0.3) is 5.91 Å². The number of amides is 1. The van der Waals surface area contributed by atoms with Gasteiger partial charge in [0.2, 0.25) is 0 Å². The lowest BCUT2D eigenvalue weighted by molar-refractivity contribution is -0.173. The number of ether oxygens (including phenoxy) is 1. The van der Waals surface area contributed by atoms with Crippen molar-refractivity contribution in [1.29, 1.82) is 0 Å². The number of rotatable bonds is 4. The fourth-order valence-electron chi connectivity index (χ4n) is 3.60. The Balaban J connectivity index is 1.71. The van der Waals surface area contributed by atoms with Crippen LogP contribution in [-0.2, 0) is 0 Å². The summed E-state index contributed by atoms with van der Waals surface area (Å²) < 4.78 is 47.5. The van der Waals surface area contributed by atoms with Crippen LogP contribution in [0.1, 0.15) is 34.6 Å². The molecule has 3 aromatic rings. The maximum atomic E-state index is 13.9. The molecule has 6 nitrogen and oxygen atoms in total. The summed E-state index contributed by atoms with van der Waals surface area (Å²) in [6.07, 6.45) is -4.90. The molecule has 0 spiro atoms. The van der Waals surface area contributed by atoms with Crippen LogP contribution in [0, 0.1) is 0 Å². The minimum absolute atomic E-state index is 0.0719. The number of carbonyl (C=O) groups excluding carboxylic acids is 1. The Bertz CT molecular complexity index is 1150. The van der Waals surface area contributed by atoms with Crippen molar-refractivity contribution in [3.05, 3.63) is 69.8 Å². The molecule has 0 fully saturated rings. The molecule has 1 aliphatic heterocycles. The third kappa shape index (κ3) is 4.22. The number of carbonyl (C=O) groups is 1. The summed E-state index contributed by atoms with van der Waals surface area (Å²) in [6, 6.07) is 10.7. The lowest BCUT2D eigenvalue weighted by atomic mass is 9.97. The molecule has 0 saturated carbocycles. The number of methoxy groups -OCH3 is 1. The number of hydrogen-bond acceptors (Lipinski definition) is 4. The highest BCUT2D eigenvalue weighted by molar-refractivity contribution is 6.36. The zero-order chi connectivity index (χ0) is 23.0. The predicted octanol–water partition coefficient (Wildman–Crippen LogP) is 6.11. The number of nitrogens with zero attached hydrogens (tertiary/aromatic N) is 2. The van der Waals surface area contributed by atoms with Crippen LogP contribution in [0.5, 0.6) is 5.75 Å². The van der Waals surface area contributed by atoms with Crippen LogP contribution in [0.25, 0.3) is 0 Å². The minimum Gasteiger partial charge on any atom is -0.495 e. The van der Waals surface area contributed by atoms with Crippen molar-refractivity contribution in [2.75, 3.05) is 17.7 Å². The number of nitrogens with one attached hydrogen (secondary N) is 2. The SMILES string of the molecule is COc1ccc(Cl)cc1NC(=O)c1nn2c(c1Cl)N[C@H](c1ccccc1)C[C@H]2C(F)(F)F. The van der Waals surface area contributed by atoms with Gasteiger partial charge in [-0.3, -0.25) is 4.79 Å². The Labute approximate surface area is 191 Å². The molecule has 2 aromatic carbocycles. The van der Waals surface area contributed by atoms with E-state index >= 15 is 0 Å². The molecule has 2 atom stereocenters. The van der Waals surface area contributed by atoms with Gasteiger partial charge in [-0.2, -0.15) is 18.3 Å². The quantitative estimate of drug-likeness (QED) is 0.468. The second-order valence-corrected chi connectivity index (χ2v) is 7.97. The van der Waals surface area contributed by atoms with Crippen LogP contribution in [0.3, 0.4) is 0 Å². The van der Waals surface area contributed by atoms with Gasteiger partial charge < -0.3 is 15.4 Å². The van der Waals surface area contributed by atoms with E-state index in [9.17, 15) is 18.0 Å². The molecule has 1 amide bonds. The van der Waals surface area contributed by atoms with Crippen molar-refractivity contribution >= 4 is 40.6 Å². The second kappa shape index (κ2) is 8.55. The van der Waals surface area contributed by atoms with E-state index < -0.39 is 24.2 Å². The summed E-state index contributed by atoms with van der Waals surface area (Å²) in [4.78, 5) is 12.9. The van der Waals surface area contributed by atoms with Crippen molar-refractivity contribution in [1.82, 2.24) is 9.78 Å². The Hall–Kier alpha value is -2.91. The van der Waals surface area contributed by atoms with E-state index in [4.69, 9.17) is 27.9 Å². The maximum Gasteiger partial charge on any atom is 0.410 e. The number of anilines is 2. The molecule has 1 aliphatic rings. The van der Waals surface area contributed by atoms with E-state index in [0.29, 0.717) is 16.3 Å². The summed E-state index contributed by atoms with van der Waals surface area (Å²) in [7, 11) is 1.41. The molecule has 0 radical (unpaired) electrons. The van der Waals surface area contributed by atoms with Gasteiger partial charge in [-0.1, -0.05) is 53.5 Å². The molecule has 0 bridgehead atoms. The average molecular weight is 485 g/mol. The van der Waals surface area contributed by atoms with Crippen molar-refractivity contribution in [3.8, 4) is 5.75 Å². The van der Waals surface area contributed by atoms with Crippen molar-refractivity contribution < 1.29 is 22.7 Å². The van der Waals surface area contributed by atoms with E-state index in [1.165, 1.54) is 13.2 Å². The van der Waals surface area contributed by atoms with Crippen molar-refractivity contribution in [3.63, 3.8) is 0 Å². The van der Waals surface area contributed by atoms with Crippen LogP contribution >= 0.6 is 23.2 Å². The van der Waals surface area contributed by atoms with Gasteiger partial charge in [0, 0.05) is 11.4 Å². The van der Waals surface area contributed by atoms with Gasteiger partial charge in [0.1, 0.15) is 16.6 Å². The largest absolute Gasteiger partial charge is 0.495 e. The van der Waals surface area contributed by atoms with E-state index in [-0.39, 0.29) is 28.6 Å². The van der Waals surface area contributed by atoms with Crippen LogP contribution in [-0.4, -0.2) is 29.0 Å². The molecule has 0 aliphatic carbocycles. The van der Waals surface area contributed by atoms with Crippen LogP contribution in [0.15, 0.2) is 48.5 Å². The zero-order valence-electron chi connectivity index (χ0n) is 16.6. The third-order valence-corrected chi connectivity index (χ3v) is 5.72. The Kier molecular flexibility index (Phi) is 5.96. The molecule has 1 aromatic heterocycles. The highest BCUT2D eigenvalue weighted by Crippen LogP contribution is 2.46. The van der Waals surface area contributed by atoms with Crippen LogP contribution in [0.4, 0.5) is 24.7 Å². The van der Waals surface area contributed by atoms with Gasteiger partial charge in [0.05, 0.1) is 18.8 Å². The molecule has 4 rings (SSSR count). The fourth-order valence-corrected chi connectivity index (χ4v) is 4.03. The van der Waals surface area contributed by atoms with E-state index in [1.54, 1.807) is 42.5 Å². The Morgan fingerprint density at radius 1 is 1.22 bits per heavy atom. The van der Waals surface area contributed by atoms with Gasteiger partial charge in [-0.15, -0.1) is 0 Å². The van der Waals surface area contributed by atoms with Gasteiger partial charge in [-0.25, -0.2) is 4.68 Å². The number of hydrogen-bond donors (Lipinski definition) is 2. The van der Waals surface area contributed by atoms with Crippen molar-refractivity contribution in [2.45, 2.75) is 24.7 Å². The molecular weight excluding hydrogens is 468 g/mol. The van der Waals surface area contributed by atoms with E-state index in [1.807, 2.05) is 0 Å². The van der Waals surface area contributed by atoms with Crippen LogP contribution < -0.4 is 15.4 Å². The molecule has 0 unspecified atom stereocenters. The Morgan fingerprint density at radius 3 is 2.59 bits per heavy atom. The van der Waals surface area contributed by atoms with Crippen molar-refractivity contribution in [2.24, 2.45) is 0 Å². The lowest BCUT2D eigenvalue weighted by Crippen LogP contribution is -2.35. The Morgan fingerprint density at radius 2 is 1.94 bits per heavy atom. The first kappa shape index (κ1) is 22.3. The molecule has 2 N–H and O–H groups in total. The third-order valence-electron chi connectivity index (χ3n) is 5.12. The minimum atomic E-state index is -4.59.